The average molecular weight is 349 g/mol. The maximum Gasteiger partial charge on any atom is 0.117 e. The van der Waals surface area contributed by atoms with E-state index in [2.05, 4.69) is 12.1 Å². The zero-order valence-corrected chi connectivity index (χ0v) is 14.5. The van der Waals surface area contributed by atoms with Gasteiger partial charge in [-0.05, 0) is 82.6 Å². The van der Waals surface area contributed by atoms with E-state index in [1.54, 1.807) is 18.2 Å². The van der Waals surface area contributed by atoms with Crippen LogP contribution in [-0.2, 0) is 6.42 Å². The molecule has 4 rings (SSSR count). The first-order valence-corrected chi connectivity index (χ1v) is 8.52. The number of phenolic OH excluding ortho intramolecular Hbond substituents is 2. The Bertz CT molecular complexity index is 1000. The van der Waals surface area contributed by atoms with Crippen LogP contribution in [0.25, 0.3) is 11.1 Å². The first kappa shape index (κ1) is 15.8. The van der Waals surface area contributed by atoms with Gasteiger partial charge >= 0.3 is 0 Å². The summed E-state index contributed by atoms with van der Waals surface area (Å²) in [5.41, 5.74) is 7.51. The molecule has 0 heterocycles. The Hall–Kier alpha value is -2.71. The van der Waals surface area contributed by atoms with E-state index >= 15 is 0 Å². The maximum absolute atomic E-state index is 10.1. The lowest BCUT2D eigenvalue weighted by Crippen LogP contribution is -1.90. The third-order valence-electron chi connectivity index (χ3n) is 4.72. The molecule has 0 fully saturated rings. The maximum atomic E-state index is 10.1. The molecule has 0 bridgehead atoms. The Morgan fingerprint density at radius 3 is 2.32 bits per heavy atom. The van der Waals surface area contributed by atoms with Crippen molar-refractivity contribution in [1.29, 1.82) is 0 Å². The molecule has 3 aromatic rings. The van der Waals surface area contributed by atoms with Crippen LogP contribution in [-0.4, -0.2) is 10.2 Å². The van der Waals surface area contributed by atoms with Crippen LogP contribution in [0.4, 0.5) is 0 Å². The number of allylic oxidation sites excluding steroid dienone is 1. The van der Waals surface area contributed by atoms with E-state index in [4.69, 9.17) is 11.6 Å². The Kier molecular flexibility index (Phi) is 3.78. The van der Waals surface area contributed by atoms with Crippen molar-refractivity contribution in [2.45, 2.75) is 13.3 Å². The van der Waals surface area contributed by atoms with E-state index < -0.39 is 0 Å². The fourth-order valence-corrected chi connectivity index (χ4v) is 3.89. The predicted octanol–water partition coefficient (Wildman–Crippen LogP) is 5.57. The summed E-state index contributed by atoms with van der Waals surface area (Å²) in [6.45, 7) is 2.02. The third-order valence-corrected chi connectivity index (χ3v) is 5.04. The van der Waals surface area contributed by atoms with Gasteiger partial charge in [0.1, 0.15) is 11.5 Å². The van der Waals surface area contributed by atoms with Crippen LogP contribution in [0.15, 0.2) is 60.7 Å². The summed E-state index contributed by atoms with van der Waals surface area (Å²) in [7, 11) is 0. The van der Waals surface area contributed by atoms with Crippen LogP contribution in [0.3, 0.4) is 0 Å². The molecule has 0 saturated heterocycles. The molecule has 3 heteroatoms. The quantitative estimate of drug-likeness (QED) is 0.635. The number of hydrogen-bond acceptors (Lipinski definition) is 2. The van der Waals surface area contributed by atoms with Gasteiger partial charge in [0.25, 0.3) is 0 Å². The van der Waals surface area contributed by atoms with Crippen molar-refractivity contribution in [3.05, 3.63) is 93.5 Å². The summed E-state index contributed by atoms with van der Waals surface area (Å²) >= 11 is 6.43. The number of phenols is 2. The van der Waals surface area contributed by atoms with Gasteiger partial charge in [0, 0.05) is 0 Å². The molecule has 124 valence electrons. The molecule has 1 aliphatic carbocycles. The van der Waals surface area contributed by atoms with Crippen LogP contribution in [0.2, 0.25) is 5.02 Å². The zero-order valence-electron chi connectivity index (χ0n) is 13.8. The average Bonchev–Trinajstić information content (AvgIpc) is 2.95. The van der Waals surface area contributed by atoms with Gasteiger partial charge in [0.05, 0.1) is 5.02 Å². The van der Waals surface area contributed by atoms with Crippen LogP contribution in [0, 0.1) is 6.92 Å². The molecule has 0 radical (unpaired) electrons. The van der Waals surface area contributed by atoms with Gasteiger partial charge in [-0.25, -0.2) is 0 Å². The number of aromatic hydroxyl groups is 2. The smallest absolute Gasteiger partial charge is 0.117 e. The summed E-state index contributed by atoms with van der Waals surface area (Å²) in [6.07, 6.45) is 0.746. The van der Waals surface area contributed by atoms with Crippen molar-refractivity contribution >= 4 is 22.7 Å². The minimum absolute atomic E-state index is 0.153. The number of aryl methyl sites for hydroxylation is 1. The fourth-order valence-electron chi connectivity index (χ4n) is 3.60. The lowest BCUT2D eigenvalue weighted by atomic mass is 9.94. The second-order valence-electron chi connectivity index (χ2n) is 6.35. The van der Waals surface area contributed by atoms with Crippen LogP contribution < -0.4 is 0 Å². The summed E-state index contributed by atoms with van der Waals surface area (Å²) in [5, 5.41) is 20.3. The number of hydrogen-bond donors (Lipinski definition) is 2. The molecule has 2 N–H and O–H groups in total. The van der Waals surface area contributed by atoms with Gasteiger partial charge < -0.3 is 10.2 Å². The highest BCUT2D eigenvalue weighted by Crippen LogP contribution is 2.46. The van der Waals surface area contributed by atoms with Crippen molar-refractivity contribution in [3.63, 3.8) is 0 Å². The first-order chi connectivity index (χ1) is 12.0. The number of benzene rings is 3. The standard InChI is InChI=1S/C22H17ClO2/c1-13-9-16(25)10-19-18(13)12-20(17-8-7-15(24)11-21(17)23)22(19)14-5-3-2-4-6-14/h2-11,24-25H,12H2,1H3. The van der Waals surface area contributed by atoms with E-state index in [1.807, 2.05) is 37.3 Å². The molecule has 25 heavy (non-hydrogen) atoms. The SMILES string of the molecule is Cc1cc(O)cc2c1CC(c1ccc(O)cc1Cl)=C2c1ccccc1. The molecular weight excluding hydrogens is 332 g/mol. The predicted molar refractivity (Wildman–Crippen MR) is 102 cm³/mol. The molecule has 0 aliphatic heterocycles. The van der Waals surface area contributed by atoms with E-state index in [-0.39, 0.29) is 11.5 Å². The second-order valence-corrected chi connectivity index (χ2v) is 6.76. The van der Waals surface area contributed by atoms with Gasteiger partial charge in [0.2, 0.25) is 0 Å². The highest BCUT2D eigenvalue weighted by molar-refractivity contribution is 6.33. The Morgan fingerprint density at radius 2 is 1.60 bits per heavy atom. The first-order valence-electron chi connectivity index (χ1n) is 8.15. The summed E-state index contributed by atoms with van der Waals surface area (Å²) < 4.78 is 0. The molecule has 0 saturated carbocycles. The molecule has 1 aliphatic rings. The molecule has 0 amide bonds. The largest absolute Gasteiger partial charge is 0.508 e. The van der Waals surface area contributed by atoms with Crippen molar-refractivity contribution < 1.29 is 10.2 Å². The fraction of sp³-hybridized carbons (Fsp3) is 0.0909. The number of rotatable bonds is 2. The zero-order chi connectivity index (χ0) is 17.6. The van der Waals surface area contributed by atoms with Gasteiger partial charge in [-0.3, -0.25) is 0 Å². The molecule has 3 aromatic carbocycles. The van der Waals surface area contributed by atoms with Crippen molar-refractivity contribution in [1.82, 2.24) is 0 Å². The molecule has 0 spiro atoms. The van der Waals surface area contributed by atoms with Crippen LogP contribution in [0.1, 0.15) is 27.8 Å². The van der Waals surface area contributed by atoms with Gasteiger partial charge in [-0.1, -0.05) is 41.9 Å². The normalized spacial score (nSPS) is 13.2. The number of fused-ring (bicyclic) bond motifs is 1. The van der Waals surface area contributed by atoms with Gasteiger partial charge in [-0.2, -0.15) is 0 Å². The molecule has 0 unspecified atom stereocenters. The second kappa shape index (κ2) is 5.98. The lowest BCUT2D eigenvalue weighted by Gasteiger charge is -2.11. The van der Waals surface area contributed by atoms with Crippen molar-refractivity contribution in [2.24, 2.45) is 0 Å². The van der Waals surface area contributed by atoms with E-state index in [1.165, 1.54) is 5.56 Å². The molecule has 0 aromatic heterocycles. The highest BCUT2D eigenvalue weighted by atomic mass is 35.5. The summed E-state index contributed by atoms with van der Waals surface area (Å²) in [5.74, 6) is 0.419. The van der Waals surface area contributed by atoms with Crippen molar-refractivity contribution in [3.8, 4) is 11.5 Å². The molecule has 0 atom stereocenters. The number of halogens is 1. The Labute approximate surface area is 151 Å². The summed E-state index contributed by atoms with van der Waals surface area (Å²) in [4.78, 5) is 0. The Morgan fingerprint density at radius 1 is 0.840 bits per heavy atom. The van der Waals surface area contributed by atoms with Gasteiger partial charge in [0.15, 0.2) is 0 Å². The van der Waals surface area contributed by atoms with Gasteiger partial charge in [-0.15, -0.1) is 0 Å². The lowest BCUT2D eigenvalue weighted by molar-refractivity contribution is 0.474. The van der Waals surface area contributed by atoms with Crippen LogP contribution >= 0.6 is 11.6 Å². The minimum Gasteiger partial charge on any atom is -0.508 e. The van der Waals surface area contributed by atoms with Crippen molar-refractivity contribution in [2.75, 3.05) is 0 Å². The minimum atomic E-state index is 0.153. The summed E-state index contributed by atoms with van der Waals surface area (Å²) in [6, 6.07) is 18.8. The van der Waals surface area contributed by atoms with Crippen LogP contribution in [0.5, 0.6) is 11.5 Å². The Balaban J connectivity index is 2.02. The van der Waals surface area contributed by atoms with E-state index in [9.17, 15) is 10.2 Å². The monoisotopic (exact) mass is 348 g/mol. The topological polar surface area (TPSA) is 40.5 Å². The third kappa shape index (κ3) is 2.69. The van der Waals surface area contributed by atoms with E-state index in [0.29, 0.717) is 5.02 Å². The molecular formula is C22H17ClO2. The molecule has 2 nitrogen and oxygen atoms in total. The van der Waals surface area contributed by atoms with E-state index in [0.717, 1.165) is 39.8 Å². The highest BCUT2D eigenvalue weighted by Gasteiger charge is 2.27.